The van der Waals surface area contributed by atoms with Crippen LogP contribution in [0.2, 0.25) is 0 Å². The minimum atomic E-state index is -1.09. The molecule has 86 valence electrons. The van der Waals surface area contributed by atoms with Crippen molar-refractivity contribution in [2.75, 3.05) is 12.1 Å². The molecule has 5 N–H and O–H groups in total. The number of anilines is 1. The molecule has 0 aromatic heterocycles. The van der Waals surface area contributed by atoms with Crippen molar-refractivity contribution in [3.63, 3.8) is 0 Å². The van der Waals surface area contributed by atoms with Crippen LogP contribution < -0.4 is 21.3 Å². The first-order valence-electron chi connectivity index (χ1n) is 4.44. The van der Waals surface area contributed by atoms with E-state index in [-0.39, 0.29) is 11.3 Å². The van der Waals surface area contributed by atoms with Crippen molar-refractivity contribution in [2.24, 2.45) is 11.6 Å². The molecular weight excluding hydrogens is 210 g/mol. The molecule has 0 aliphatic carbocycles. The van der Waals surface area contributed by atoms with E-state index in [4.69, 9.17) is 21.4 Å². The number of methoxy groups -OCH3 is 1. The molecule has 0 unspecified atom stereocenters. The van der Waals surface area contributed by atoms with Crippen molar-refractivity contribution in [1.29, 1.82) is 0 Å². The molecule has 0 heterocycles. The monoisotopic (exact) mass is 223 g/mol. The molecule has 0 spiro atoms. The molecule has 1 aromatic rings. The Hall–Kier alpha value is -2.21. The number of benzene rings is 1. The maximum atomic E-state index is 11.0. The lowest BCUT2D eigenvalue weighted by Crippen LogP contribution is -2.27. The van der Waals surface area contributed by atoms with E-state index in [0.29, 0.717) is 5.75 Å². The maximum absolute atomic E-state index is 11.0. The van der Waals surface area contributed by atoms with Crippen LogP contribution in [0.4, 0.5) is 5.69 Å². The molecule has 1 rings (SSSR count). The van der Waals surface area contributed by atoms with Crippen molar-refractivity contribution in [2.45, 2.75) is 0 Å². The van der Waals surface area contributed by atoms with Crippen molar-refractivity contribution < 1.29 is 14.6 Å². The van der Waals surface area contributed by atoms with Crippen molar-refractivity contribution >= 4 is 11.7 Å². The van der Waals surface area contributed by atoms with Crippen LogP contribution in [0.25, 0.3) is 0 Å². The van der Waals surface area contributed by atoms with E-state index in [9.17, 15) is 4.79 Å². The second-order valence-electron chi connectivity index (χ2n) is 2.91. The Kier molecular flexibility index (Phi) is 3.73. The summed E-state index contributed by atoms with van der Waals surface area (Å²) in [6, 6.07) is 4.63. The van der Waals surface area contributed by atoms with Gasteiger partial charge in [0, 0.05) is 12.4 Å². The number of rotatable bonds is 4. The average molecular weight is 223 g/mol. The van der Waals surface area contributed by atoms with Crippen LogP contribution in [0.5, 0.6) is 5.75 Å². The van der Waals surface area contributed by atoms with Gasteiger partial charge >= 0.3 is 5.97 Å². The van der Waals surface area contributed by atoms with Crippen LogP contribution in [-0.4, -0.2) is 18.2 Å². The molecule has 0 fully saturated rings. The van der Waals surface area contributed by atoms with Crippen LogP contribution in [-0.2, 0) is 0 Å². The first kappa shape index (κ1) is 11.9. The summed E-state index contributed by atoms with van der Waals surface area (Å²) in [5.74, 6) is 4.92. The van der Waals surface area contributed by atoms with Gasteiger partial charge in [0.1, 0.15) is 11.4 Å². The molecule has 0 amide bonds. The normalized spacial score (nSPS) is 10.4. The minimum Gasteiger partial charge on any atom is -0.494 e. The summed E-state index contributed by atoms with van der Waals surface area (Å²) in [7, 11) is 1.43. The predicted molar refractivity (Wildman–Crippen MR) is 59.9 cm³/mol. The van der Waals surface area contributed by atoms with Gasteiger partial charge in [-0.25, -0.2) is 10.6 Å². The lowest BCUT2D eigenvalue weighted by Gasteiger charge is -2.18. The van der Waals surface area contributed by atoms with E-state index in [2.05, 4.69) is 0 Å². The van der Waals surface area contributed by atoms with Gasteiger partial charge in [-0.3, -0.25) is 5.01 Å². The second kappa shape index (κ2) is 5.04. The molecule has 0 bridgehead atoms. The average Bonchev–Trinajstić information content (AvgIpc) is 2.28. The van der Waals surface area contributed by atoms with Crippen molar-refractivity contribution in [3.05, 3.63) is 36.2 Å². The van der Waals surface area contributed by atoms with Gasteiger partial charge < -0.3 is 15.6 Å². The summed E-state index contributed by atoms with van der Waals surface area (Å²) < 4.78 is 5.04. The standard InChI is InChI=1S/C10H13N3O3/c1-16-8-4-2-3-7(10(14)15)9(8)13(12)6-5-11/h2-6H,11-12H2,1H3,(H,14,15)/b6-5-. The number of carboxylic acids is 1. The zero-order chi connectivity index (χ0) is 12.1. The summed E-state index contributed by atoms with van der Waals surface area (Å²) in [6.07, 6.45) is 2.54. The van der Waals surface area contributed by atoms with Gasteiger partial charge in [-0.2, -0.15) is 0 Å². The number of carbonyl (C=O) groups is 1. The number of para-hydroxylation sites is 1. The number of ether oxygens (including phenoxy) is 1. The summed E-state index contributed by atoms with van der Waals surface area (Å²) >= 11 is 0. The van der Waals surface area contributed by atoms with Crippen LogP contribution in [0, 0.1) is 0 Å². The Labute approximate surface area is 92.7 Å². The van der Waals surface area contributed by atoms with Gasteiger partial charge in [-0.1, -0.05) is 6.07 Å². The topological polar surface area (TPSA) is 102 Å². The third-order valence-corrected chi connectivity index (χ3v) is 1.95. The van der Waals surface area contributed by atoms with E-state index < -0.39 is 5.97 Å². The van der Waals surface area contributed by atoms with E-state index in [1.807, 2.05) is 0 Å². The Morgan fingerprint density at radius 2 is 2.25 bits per heavy atom. The number of nitrogens with zero attached hydrogens (tertiary/aromatic N) is 1. The molecule has 0 radical (unpaired) electrons. The molecule has 0 atom stereocenters. The lowest BCUT2D eigenvalue weighted by atomic mass is 10.1. The van der Waals surface area contributed by atoms with Crippen LogP contribution >= 0.6 is 0 Å². The summed E-state index contributed by atoms with van der Waals surface area (Å²) in [5, 5.41) is 10.1. The summed E-state index contributed by atoms with van der Waals surface area (Å²) in [4.78, 5) is 11.0. The molecular formula is C10H13N3O3. The number of hydrogen-bond acceptors (Lipinski definition) is 5. The highest BCUT2D eigenvalue weighted by atomic mass is 16.5. The van der Waals surface area contributed by atoms with E-state index in [1.54, 1.807) is 12.1 Å². The fraction of sp³-hybridized carbons (Fsp3) is 0.100. The molecule has 1 aromatic carbocycles. The van der Waals surface area contributed by atoms with Gasteiger partial charge in [0.15, 0.2) is 0 Å². The second-order valence-corrected chi connectivity index (χ2v) is 2.91. The Bertz CT molecular complexity index is 418. The fourth-order valence-corrected chi connectivity index (χ4v) is 1.29. The van der Waals surface area contributed by atoms with Gasteiger partial charge in [0.05, 0.1) is 12.7 Å². The molecule has 16 heavy (non-hydrogen) atoms. The van der Waals surface area contributed by atoms with Crippen LogP contribution in [0.3, 0.4) is 0 Å². The quantitative estimate of drug-likeness (QED) is 0.507. The number of hydrazine groups is 1. The van der Waals surface area contributed by atoms with Crippen molar-refractivity contribution in [3.8, 4) is 5.75 Å². The number of nitrogens with two attached hydrogens (primary N) is 2. The first-order chi connectivity index (χ1) is 7.61. The maximum Gasteiger partial charge on any atom is 0.338 e. The highest BCUT2D eigenvalue weighted by molar-refractivity contribution is 5.96. The van der Waals surface area contributed by atoms with Gasteiger partial charge in [0.2, 0.25) is 0 Å². The third-order valence-electron chi connectivity index (χ3n) is 1.95. The van der Waals surface area contributed by atoms with E-state index in [1.165, 1.54) is 25.6 Å². The Balaban J connectivity index is 3.35. The van der Waals surface area contributed by atoms with Crippen molar-refractivity contribution in [1.82, 2.24) is 0 Å². The summed E-state index contributed by atoms with van der Waals surface area (Å²) in [6.45, 7) is 0. The third kappa shape index (κ3) is 2.23. The molecule has 0 aliphatic heterocycles. The Morgan fingerprint density at radius 3 is 2.75 bits per heavy atom. The Morgan fingerprint density at radius 1 is 1.56 bits per heavy atom. The van der Waals surface area contributed by atoms with Gasteiger partial charge in [-0.15, -0.1) is 0 Å². The molecule has 6 heteroatoms. The SMILES string of the molecule is COc1cccc(C(=O)O)c1N(N)/C=C\N. The first-order valence-corrected chi connectivity index (χ1v) is 4.44. The van der Waals surface area contributed by atoms with Crippen LogP contribution in [0.15, 0.2) is 30.6 Å². The van der Waals surface area contributed by atoms with Gasteiger partial charge in [0.25, 0.3) is 0 Å². The zero-order valence-electron chi connectivity index (χ0n) is 8.75. The largest absolute Gasteiger partial charge is 0.494 e. The smallest absolute Gasteiger partial charge is 0.338 e. The highest BCUT2D eigenvalue weighted by Crippen LogP contribution is 2.30. The predicted octanol–water partition coefficient (Wildman–Crippen LogP) is 0.503. The molecule has 0 saturated heterocycles. The zero-order valence-corrected chi connectivity index (χ0v) is 8.75. The minimum absolute atomic E-state index is 0.0416. The molecule has 0 saturated carbocycles. The number of aromatic carboxylic acids is 1. The highest BCUT2D eigenvalue weighted by Gasteiger charge is 2.17. The van der Waals surface area contributed by atoms with Crippen LogP contribution in [0.1, 0.15) is 10.4 Å². The number of carboxylic acid groups (broad SMARTS) is 1. The fourth-order valence-electron chi connectivity index (χ4n) is 1.29. The lowest BCUT2D eigenvalue weighted by molar-refractivity contribution is 0.0697. The molecule has 6 nitrogen and oxygen atoms in total. The number of hydrogen-bond donors (Lipinski definition) is 3. The van der Waals surface area contributed by atoms with Gasteiger partial charge in [-0.05, 0) is 12.1 Å². The summed E-state index contributed by atoms with van der Waals surface area (Å²) in [5.41, 5.74) is 5.48. The van der Waals surface area contributed by atoms with E-state index in [0.717, 1.165) is 5.01 Å². The van der Waals surface area contributed by atoms with E-state index >= 15 is 0 Å². The molecule has 0 aliphatic rings.